The third kappa shape index (κ3) is 3.34. The molecule has 0 aliphatic carbocycles. The van der Waals surface area contributed by atoms with Crippen LogP contribution in [0.3, 0.4) is 0 Å². The highest BCUT2D eigenvalue weighted by Gasteiger charge is 2.28. The number of benzene rings is 2. The van der Waals surface area contributed by atoms with Gasteiger partial charge < -0.3 is 14.2 Å². The Morgan fingerprint density at radius 2 is 2.00 bits per heavy atom. The Kier molecular flexibility index (Phi) is 4.72. The summed E-state index contributed by atoms with van der Waals surface area (Å²) in [4.78, 5) is 6.55. The van der Waals surface area contributed by atoms with E-state index >= 15 is 0 Å². The first kappa shape index (κ1) is 18.8. The molecule has 30 heavy (non-hydrogen) atoms. The molecule has 5 rings (SSSR count). The molecular weight excluding hydrogens is 404 g/mol. The van der Waals surface area contributed by atoms with E-state index in [1.165, 1.54) is 0 Å². The van der Waals surface area contributed by atoms with E-state index in [4.69, 9.17) is 20.9 Å². The summed E-state index contributed by atoms with van der Waals surface area (Å²) in [6, 6.07) is 15.6. The van der Waals surface area contributed by atoms with E-state index in [-0.39, 0.29) is 6.10 Å². The van der Waals surface area contributed by atoms with Gasteiger partial charge in [0.15, 0.2) is 5.69 Å². The van der Waals surface area contributed by atoms with Crippen molar-refractivity contribution >= 4 is 17.3 Å². The minimum absolute atomic E-state index is 0.185. The Morgan fingerprint density at radius 3 is 2.83 bits per heavy atom. The molecule has 0 saturated carbocycles. The first-order chi connectivity index (χ1) is 14.6. The zero-order valence-electron chi connectivity index (χ0n) is 16.5. The fourth-order valence-electron chi connectivity index (χ4n) is 3.46. The van der Waals surface area contributed by atoms with E-state index in [2.05, 4.69) is 20.5 Å². The van der Waals surface area contributed by atoms with Crippen molar-refractivity contribution in [1.82, 2.24) is 25.1 Å². The molecule has 1 aliphatic rings. The van der Waals surface area contributed by atoms with E-state index in [1.807, 2.05) is 72.2 Å². The van der Waals surface area contributed by atoms with Gasteiger partial charge in [0.05, 0.1) is 18.8 Å². The lowest BCUT2D eigenvalue weighted by atomic mass is 10.1. The van der Waals surface area contributed by atoms with Crippen LogP contribution in [0.15, 0.2) is 53.1 Å². The molecule has 2 aromatic carbocycles. The highest BCUT2D eigenvalue weighted by atomic mass is 35.5. The number of hydrogen-bond acceptors (Lipinski definition) is 7. The summed E-state index contributed by atoms with van der Waals surface area (Å²) >= 11 is 6.32. The van der Waals surface area contributed by atoms with Crippen molar-refractivity contribution in [1.29, 1.82) is 0 Å². The van der Waals surface area contributed by atoms with Gasteiger partial charge in [0.2, 0.25) is 5.82 Å². The number of nitrogens with zero attached hydrogens (tertiary/aromatic N) is 6. The predicted molar refractivity (Wildman–Crippen MR) is 112 cm³/mol. The van der Waals surface area contributed by atoms with E-state index in [0.717, 1.165) is 22.5 Å². The van der Waals surface area contributed by atoms with Crippen LogP contribution in [0.2, 0.25) is 5.02 Å². The van der Waals surface area contributed by atoms with Crippen molar-refractivity contribution in [3.05, 3.63) is 64.8 Å². The normalized spacial score (nSPS) is 15.8. The SMILES string of the molecule is CN(C)c1cccc(-c2nc(-c3nnn4c3COC(c3ccccc3Cl)C4)no2)c1. The maximum atomic E-state index is 6.32. The summed E-state index contributed by atoms with van der Waals surface area (Å²) in [5.41, 5.74) is 4.20. The van der Waals surface area contributed by atoms with Gasteiger partial charge >= 0.3 is 0 Å². The minimum atomic E-state index is -0.185. The Labute approximate surface area is 178 Å². The molecule has 1 atom stereocenters. The average molecular weight is 423 g/mol. The molecular formula is C21H19ClN6O2. The smallest absolute Gasteiger partial charge is 0.258 e. The van der Waals surface area contributed by atoms with Gasteiger partial charge in [-0.1, -0.05) is 46.2 Å². The first-order valence-electron chi connectivity index (χ1n) is 9.50. The molecule has 0 fully saturated rings. The van der Waals surface area contributed by atoms with Gasteiger partial charge in [-0.05, 0) is 24.3 Å². The minimum Gasteiger partial charge on any atom is -0.378 e. The Hall–Kier alpha value is -3.23. The number of ether oxygens (including phenoxy) is 1. The molecule has 4 aromatic rings. The third-order valence-corrected chi connectivity index (χ3v) is 5.44. The Balaban J connectivity index is 1.42. The lowest BCUT2D eigenvalue weighted by molar-refractivity contribution is -0.00106. The van der Waals surface area contributed by atoms with Gasteiger partial charge in [0, 0.05) is 35.9 Å². The van der Waals surface area contributed by atoms with Gasteiger partial charge in [-0.15, -0.1) is 5.10 Å². The fourth-order valence-corrected chi connectivity index (χ4v) is 3.72. The Morgan fingerprint density at radius 1 is 1.13 bits per heavy atom. The molecule has 8 nitrogen and oxygen atoms in total. The summed E-state index contributed by atoms with van der Waals surface area (Å²) in [6.45, 7) is 0.847. The molecule has 0 spiro atoms. The zero-order chi connectivity index (χ0) is 20.7. The molecule has 0 bridgehead atoms. The van der Waals surface area contributed by atoms with Crippen LogP contribution in [-0.4, -0.2) is 39.2 Å². The second-order valence-corrected chi connectivity index (χ2v) is 7.66. The maximum absolute atomic E-state index is 6.32. The average Bonchev–Trinajstić information content (AvgIpc) is 3.41. The van der Waals surface area contributed by atoms with E-state index < -0.39 is 0 Å². The maximum Gasteiger partial charge on any atom is 0.258 e. The monoisotopic (exact) mass is 422 g/mol. The molecule has 0 radical (unpaired) electrons. The van der Waals surface area contributed by atoms with E-state index in [0.29, 0.717) is 35.6 Å². The van der Waals surface area contributed by atoms with Crippen LogP contribution in [-0.2, 0) is 17.9 Å². The van der Waals surface area contributed by atoms with Crippen LogP contribution in [0.25, 0.3) is 23.0 Å². The summed E-state index contributed by atoms with van der Waals surface area (Å²) in [7, 11) is 3.97. The van der Waals surface area contributed by atoms with Gasteiger partial charge in [-0.25, -0.2) is 4.68 Å². The van der Waals surface area contributed by atoms with E-state index in [9.17, 15) is 0 Å². The number of rotatable bonds is 4. The number of anilines is 1. The highest BCUT2D eigenvalue weighted by Crippen LogP contribution is 2.33. The van der Waals surface area contributed by atoms with Gasteiger partial charge in [0.1, 0.15) is 6.10 Å². The van der Waals surface area contributed by atoms with Gasteiger partial charge in [-0.2, -0.15) is 4.98 Å². The lowest BCUT2D eigenvalue weighted by Crippen LogP contribution is -2.22. The number of hydrogen-bond donors (Lipinski definition) is 0. The van der Waals surface area contributed by atoms with Crippen molar-refractivity contribution in [3.8, 4) is 23.0 Å². The fraction of sp³-hybridized carbons (Fsp3) is 0.238. The Bertz CT molecular complexity index is 1200. The van der Waals surface area contributed by atoms with E-state index in [1.54, 1.807) is 0 Å². The van der Waals surface area contributed by atoms with Gasteiger partial charge in [-0.3, -0.25) is 0 Å². The van der Waals surface area contributed by atoms with Crippen LogP contribution in [0.1, 0.15) is 17.4 Å². The second kappa shape index (κ2) is 7.55. The van der Waals surface area contributed by atoms with Crippen molar-refractivity contribution < 1.29 is 9.26 Å². The number of fused-ring (bicyclic) bond motifs is 1. The van der Waals surface area contributed by atoms with Crippen LogP contribution in [0.4, 0.5) is 5.69 Å². The van der Waals surface area contributed by atoms with Crippen molar-refractivity contribution in [2.24, 2.45) is 0 Å². The summed E-state index contributed by atoms with van der Waals surface area (Å²) in [6.07, 6.45) is -0.185. The lowest BCUT2D eigenvalue weighted by Gasteiger charge is -2.24. The van der Waals surface area contributed by atoms with Crippen molar-refractivity contribution in [2.75, 3.05) is 19.0 Å². The summed E-state index contributed by atoms with van der Waals surface area (Å²) < 4.78 is 13.4. The first-order valence-corrected chi connectivity index (χ1v) is 9.88. The standard InChI is InChI=1S/C21H19ClN6O2/c1-27(2)14-7-5-6-13(10-14)21-23-20(25-30-21)19-17-12-29-18(11-28(17)26-24-19)15-8-3-4-9-16(15)22/h3-10,18H,11-12H2,1-2H3. The molecule has 0 N–H and O–H groups in total. The molecule has 0 saturated heterocycles. The highest BCUT2D eigenvalue weighted by molar-refractivity contribution is 6.31. The van der Waals surface area contributed by atoms with Crippen molar-refractivity contribution in [2.45, 2.75) is 19.3 Å². The summed E-state index contributed by atoms with van der Waals surface area (Å²) in [5.74, 6) is 0.822. The van der Waals surface area contributed by atoms with Gasteiger partial charge in [0.25, 0.3) is 5.89 Å². The molecule has 3 heterocycles. The number of aromatic nitrogens is 5. The molecule has 2 aromatic heterocycles. The van der Waals surface area contributed by atoms with Crippen LogP contribution >= 0.6 is 11.6 Å². The van der Waals surface area contributed by atoms with Crippen LogP contribution in [0, 0.1) is 0 Å². The van der Waals surface area contributed by atoms with Crippen molar-refractivity contribution in [3.63, 3.8) is 0 Å². The molecule has 1 unspecified atom stereocenters. The summed E-state index contributed by atoms with van der Waals surface area (Å²) in [5, 5.41) is 13.3. The molecule has 9 heteroatoms. The predicted octanol–water partition coefficient (Wildman–Crippen LogP) is 3.99. The molecule has 152 valence electrons. The second-order valence-electron chi connectivity index (χ2n) is 7.26. The zero-order valence-corrected chi connectivity index (χ0v) is 17.2. The van der Waals surface area contributed by atoms with Crippen LogP contribution < -0.4 is 4.90 Å². The molecule has 0 amide bonds. The van der Waals surface area contributed by atoms with Crippen LogP contribution in [0.5, 0.6) is 0 Å². The topological polar surface area (TPSA) is 82.1 Å². The molecule has 1 aliphatic heterocycles. The quantitative estimate of drug-likeness (QED) is 0.491. The third-order valence-electron chi connectivity index (χ3n) is 5.10. The largest absolute Gasteiger partial charge is 0.378 e. The number of halogens is 1.